The quantitative estimate of drug-likeness (QED) is 0.866. The van der Waals surface area contributed by atoms with Crippen molar-refractivity contribution in [1.82, 2.24) is 10.2 Å². The molecule has 1 atom stereocenters. The van der Waals surface area contributed by atoms with Crippen molar-refractivity contribution < 1.29 is 0 Å². The van der Waals surface area contributed by atoms with Gasteiger partial charge in [-0.2, -0.15) is 5.10 Å². The van der Waals surface area contributed by atoms with Crippen LogP contribution in [0.2, 0.25) is 0 Å². The van der Waals surface area contributed by atoms with Gasteiger partial charge in [0.1, 0.15) is 0 Å². The monoisotopic (exact) mass is 234 g/mol. The molecule has 17 heavy (non-hydrogen) atoms. The van der Waals surface area contributed by atoms with E-state index < -0.39 is 0 Å². The van der Waals surface area contributed by atoms with E-state index >= 15 is 0 Å². The van der Waals surface area contributed by atoms with Crippen molar-refractivity contribution in [3.8, 4) is 0 Å². The lowest BCUT2D eigenvalue weighted by Gasteiger charge is -2.21. The maximum absolute atomic E-state index is 5.86. The van der Waals surface area contributed by atoms with Crippen molar-refractivity contribution >= 4 is 5.82 Å². The predicted molar refractivity (Wildman–Crippen MR) is 70.0 cm³/mol. The fourth-order valence-corrected chi connectivity index (χ4v) is 2.50. The molecule has 1 aromatic heterocycles. The van der Waals surface area contributed by atoms with E-state index in [0.717, 1.165) is 36.1 Å². The average Bonchev–Trinajstić information content (AvgIpc) is 2.81. The first-order valence-corrected chi connectivity index (χ1v) is 6.45. The smallest absolute Gasteiger partial charge is 0.156 e. The summed E-state index contributed by atoms with van der Waals surface area (Å²) in [5.41, 5.74) is 9.20. The number of nitrogens with two attached hydrogens (primary N) is 1. The zero-order valence-electron chi connectivity index (χ0n) is 11.0. The minimum atomic E-state index is 0.546. The van der Waals surface area contributed by atoms with Crippen LogP contribution < -0.4 is 10.6 Å². The second-order valence-corrected chi connectivity index (χ2v) is 4.93. The topological polar surface area (TPSA) is 55.0 Å². The Bertz CT molecular complexity index is 403. The number of hydrogen-bond donors (Lipinski definition) is 1. The van der Waals surface area contributed by atoms with E-state index in [1.165, 1.54) is 18.4 Å². The van der Waals surface area contributed by atoms with Gasteiger partial charge < -0.3 is 10.6 Å². The second-order valence-electron chi connectivity index (χ2n) is 4.93. The van der Waals surface area contributed by atoms with Crippen LogP contribution in [0.25, 0.3) is 0 Å². The third-order valence-electron chi connectivity index (χ3n) is 3.93. The van der Waals surface area contributed by atoms with Crippen LogP contribution in [0.15, 0.2) is 0 Å². The van der Waals surface area contributed by atoms with E-state index in [1.807, 2.05) is 6.92 Å². The Morgan fingerprint density at radius 3 is 2.71 bits per heavy atom. The van der Waals surface area contributed by atoms with Gasteiger partial charge in [-0.15, -0.1) is 5.10 Å². The van der Waals surface area contributed by atoms with Crippen molar-refractivity contribution in [1.29, 1.82) is 0 Å². The van der Waals surface area contributed by atoms with Crippen molar-refractivity contribution in [3.05, 3.63) is 16.8 Å². The van der Waals surface area contributed by atoms with E-state index in [1.54, 1.807) is 0 Å². The van der Waals surface area contributed by atoms with Gasteiger partial charge in [0.2, 0.25) is 0 Å². The molecule has 4 nitrogen and oxygen atoms in total. The Morgan fingerprint density at radius 2 is 2.12 bits per heavy atom. The summed E-state index contributed by atoms with van der Waals surface area (Å²) in [6.07, 6.45) is 2.50. The van der Waals surface area contributed by atoms with Crippen LogP contribution in [0, 0.1) is 19.8 Å². The molecule has 1 fully saturated rings. The summed E-state index contributed by atoms with van der Waals surface area (Å²) in [5.74, 6) is 1.80. The van der Waals surface area contributed by atoms with Crippen molar-refractivity contribution in [2.45, 2.75) is 40.2 Å². The fourth-order valence-electron chi connectivity index (χ4n) is 2.50. The van der Waals surface area contributed by atoms with Gasteiger partial charge in [0.25, 0.3) is 0 Å². The molecule has 1 aliphatic heterocycles. The summed E-state index contributed by atoms with van der Waals surface area (Å²) in [6, 6.07) is 0. The Kier molecular flexibility index (Phi) is 3.62. The highest BCUT2D eigenvalue weighted by Crippen LogP contribution is 2.28. The molecule has 0 aliphatic carbocycles. The van der Waals surface area contributed by atoms with Crippen LogP contribution in [-0.4, -0.2) is 23.3 Å². The Hall–Kier alpha value is -1.16. The number of hydrogen-bond acceptors (Lipinski definition) is 4. The van der Waals surface area contributed by atoms with Crippen molar-refractivity contribution in [3.63, 3.8) is 0 Å². The van der Waals surface area contributed by atoms with Gasteiger partial charge in [-0.1, -0.05) is 13.3 Å². The maximum atomic E-state index is 5.86. The van der Waals surface area contributed by atoms with Crippen LogP contribution in [0.4, 0.5) is 5.82 Å². The van der Waals surface area contributed by atoms with E-state index in [0.29, 0.717) is 6.54 Å². The third kappa shape index (κ3) is 2.27. The van der Waals surface area contributed by atoms with Crippen LogP contribution in [0.1, 0.15) is 36.6 Å². The summed E-state index contributed by atoms with van der Waals surface area (Å²) >= 11 is 0. The summed E-state index contributed by atoms with van der Waals surface area (Å²) in [6.45, 7) is 9.06. The first kappa shape index (κ1) is 12.3. The van der Waals surface area contributed by atoms with Crippen molar-refractivity contribution in [2.24, 2.45) is 11.7 Å². The van der Waals surface area contributed by atoms with Crippen LogP contribution >= 0.6 is 0 Å². The standard InChI is InChI=1S/C13H22N4/c1-4-11-5-6-17(8-11)13-12(7-14)9(2)10(3)15-16-13/h11H,4-8,14H2,1-3H3. The van der Waals surface area contributed by atoms with E-state index in [2.05, 4.69) is 28.9 Å². The largest absolute Gasteiger partial charge is 0.355 e. The van der Waals surface area contributed by atoms with Crippen LogP contribution in [0.3, 0.4) is 0 Å². The lowest BCUT2D eigenvalue weighted by Crippen LogP contribution is -2.24. The van der Waals surface area contributed by atoms with Gasteiger partial charge in [0.15, 0.2) is 5.82 Å². The summed E-state index contributed by atoms with van der Waals surface area (Å²) < 4.78 is 0. The molecular weight excluding hydrogens is 212 g/mol. The first-order chi connectivity index (χ1) is 8.17. The number of anilines is 1. The third-order valence-corrected chi connectivity index (χ3v) is 3.93. The molecule has 0 amide bonds. The molecule has 0 bridgehead atoms. The van der Waals surface area contributed by atoms with E-state index in [9.17, 15) is 0 Å². The molecule has 1 aliphatic rings. The molecule has 1 unspecified atom stereocenters. The molecule has 0 saturated carbocycles. The lowest BCUT2D eigenvalue weighted by atomic mass is 10.1. The van der Waals surface area contributed by atoms with Gasteiger partial charge in [-0.3, -0.25) is 0 Å². The van der Waals surface area contributed by atoms with Gasteiger partial charge in [0.05, 0.1) is 5.69 Å². The van der Waals surface area contributed by atoms with Gasteiger partial charge in [-0.05, 0) is 31.7 Å². The molecule has 2 heterocycles. The zero-order valence-corrected chi connectivity index (χ0v) is 11.0. The van der Waals surface area contributed by atoms with E-state index in [4.69, 9.17) is 5.73 Å². The Balaban J connectivity index is 2.30. The van der Waals surface area contributed by atoms with Gasteiger partial charge in [-0.25, -0.2) is 0 Å². The lowest BCUT2D eigenvalue weighted by molar-refractivity contribution is 0.568. The number of aryl methyl sites for hydroxylation is 1. The molecule has 4 heteroatoms. The average molecular weight is 234 g/mol. The van der Waals surface area contributed by atoms with Crippen molar-refractivity contribution in [2.75, 3.05) is 18.0 Å². The molecule has 1 aromatic rings. The molecule has 0 radical (unpaired) electrons. The Morgan fingerprint density at radius 1 is 1.35 bits per heavy atom. The summed E-state index contributed by atoms with van der Waals surface area (Å²) in [4.78, 5) is 2.34. The SMILES string of the molecule is CCC1CCN(c2nnc(C)c(C)c2CN)C1. The fraction of sp³-hybridized carbons (Fsp3) is 0.692. The summed E-state index contributed by atoms with van der Waals surface area (Å²) in [7, 11) is 0. The number of rotatable bonds is 3. The van der Waals surface area contributed by atoms with E-state index in [-0.39, 0.29) is 0 Å². The zero-order chi connectivity index (χ0) is 12.4. The first-order valence-electron chi connectivity index (χ1n) is 6.45. The number of aromatic nitrogens is 2. The molecular formula is C13H22N4. The molecule has 0 spiro atoms. The highest BCUT2D eigenvalue weighted by Gasteiger charge is 2.24. The number of nitrogens with zero attached hydrogens (tertiary/aromatic N) is 3. The molecule has 0 aromatic carbocycles. The minimum absolute atomic E-state index is 0.546. The maximum Gasteiger partial charge on any atom is 0.156 e. The normalized spacial score (nSPS) is 20.0. The second kappa shape index (κ2) is 5.00. The minimum Gasteiger partial charge on any atom is -0.355 e. The highest BCUT2D eigenvalue weighted by molar-refractivity contribution is 5.51. The predicted octanol–water partition coefficient (Wildman–Crippen LogP) is 1.79. The van der Waals surface area contributed by atoms with Crippen LogP contribution in [0.5, 0.6) is 0 Å². The molecule has 2 rings (SSSR count). The molecule has 2 N–H and O–H groups in total. The summed E-state index contributed by atoms with van der Waals surface area (Å²) in [5, 5.41) is 8.59. The highest BCUT2D eigenvalue weighted by atomic mass is 15.3. The van der Waals surface area contributed by atoms with Gasteiger partial charge >= 0.3 is 0 Å². The molecule has 1 saturated heterocycles. The van der Waals surface area contributed by atoms with Gasteiger partial charge in [0, 0.05) is 25.2 Å². The van der Waals surface area contributed by atoms with Crippen LogP contribution in [-0.2, 0) is 6.54 Å². The Labute approximate surface area is 103 Å². The molecule has 94 valence electrons.